The number of carbonyl (C=O) groups is 1. The summed E-state index contributed by atoms with van der Waals surface area (Å²) in [5.74, 6) is -0.849. The number of hydrogen-bond donors (Lipinski definition) is 2. The SMILES string of the molecule is O=C(O)c1ccnc(CNc2ncc([N+](=O)[O-])cn2)c1. The van der Waals surface area contributed by atoms with E-state index >= 15 is 0 Å². The van der Waals surface area contributed by atoms with Crippen molar-refractivity contribution in [1.29, 1.82) is 0 Å². The molecule has 0 fully saturated rings. The molecule has 0 spiro atoms. The molecule has 9 nitrogen and oxygen atoms in total. The van der Waals surface area contributed by atoms with Crippen LogP contribution in [-0.2, 0) is 6.54 Å². The highest BCUT2D eigenvalue weighted by Crippen LogP contribution is 2.09. The summed E-state index contributed by atoms with van der Waals surface area (Å²) in [6.07, 6.45) is 3.55. The molecule has 0 unspecified atom stereocenters. The van der Waals surface area contributed by atoms with E-state index in [1.165, 1.54) is 18.3 Å². The lowest BCUT2D eigenvalue weighted by Crippen LogP contribution is -2.07. The lowest BCUT2D eigenvalue weighted by molar-refractivity contribution is -0.385. The molecular formula is C11H9N5O4. The molecule has 0 atom stereocenters. The topological polar surface area (TPSA) is 131 Å². The predicted octanol–water partition coefficient (Wildman–Crippen LogP) is 1.09. The summed E-state index contributed by atoms with van der Waals surface area (Å²) in [7, 11) is 0. The van der Waals surface area contributed by atoms with Crippen LogP contribution in [0.25, 0.3) is 0 Å². The third kappa shape index (κ3) is 3.22. The van der Waals surface area contributed by atoms with Crippen molar-refractivity contribution in [1.82, 2.24) is 15.0 Å². The Labute approximate surface area is 112 Å². The number of pyridine rings is 1. The van der Waals surface area contributed by atoms with E-state index in [0.29, 0.717) is 5.69 Å². The van der Waals surface area contributed by atoms with Crippen LogP contribution >= 0.6 is 0 Å². The van der Waals surface area contributed by atoms with Crippen molar-refractivity contribution >= 4 is 17.6 Å². The van der Waals surface area contributed by atoms with Crippen molar-refractivity contribution in [2.75, 3.05) is 5.32 Å². The van der Waals surface area contributed by atoms with Crippen molar-refractivity contribution in [2.45, 2.75) is 6.54 Å². The first-order valence-electron chi connectivity index (χ1n) is 5.45. The molecule has 0 radical (unpaired) electrons. The first kappa shape index (κ1) is 13.3. The van der Waals surface area contributed by atoms with Crippen molar-refractivity contribution in [2.24, 2.45) is 0 Å². The van der Waals surface area contributed by atoms with Gasteiger partial charge in [0.05, 0.1) is 22.7 Å². The molecule has 0 bridgehead atoms. The quantitative estimate of drug-likeness (QED) is 0.612. The van der Waals surface area contributed by atoms with Crippen LogP contribution in [0.3, 0.4) is 0 Å². The molecule has 2 heterocycles. The minimum absolute atomic E-state index is 0.126. The predicted molar refractivity (Wildman–Crippen MR) is 67.2 cm³/mol. The summed E-state index contributed by atoms with van der Waals surface area (Å²) in [5, 5.41) is 22.1. The number of hydrogen-bond acceptors (Lipinski definition) is 7. The van der Waals surface area contributed by atoms with E-state index in [1.807, 2.05) is 0 Å². The van der Waals surface area contributed by atoms with Crippen LogP contribution in [-0.4, -0.2) is 31.0 Å². The number of nitro groups is 1. The van der Waals surface area contributed by atoms with E-state index in [4.69, 9.17) is 5.11 Å². The van der Waals surface area contributed by atoms with Crippen LogP contribution in [0.1, 0.15) is 16.1 Å². The van der Waals surface area contributed by atoms with E-state index in [0.717, 1.165) is 12.4 Å². The number of aromatic carboxylic acids is 1. The van der Waals surface area contributed by atoms with Crippen molar-refractivity contribution in [3.63, 3.8) is 0 Å². The van der Waals surface area contributed by atoms with Gasteiger partial charge in [0.25, 0.3) is 0 Å². The van der Waals surface area contributed by atoms with E-state index in [2.05, 4.69) is 20.3 Å². The van der Waals surface area contributed by atoms with Crippen LogP contribution in [0.5, 0.6) is 0 Å². The highest BCUT2D eigenvalue weighted by Gasteiger charge is 2.07. The minimum atomic E-state index is -1.04. The van der Waals surface area contributed by atoms with Crippen molar-refractivity contribution in [3.05, 3.63) is 52.1 Å². The van der Waals surface area contributed by atoms with E-state index in [9.17, 15) is 14.9 Å². The maximum atomic E-state index is 10.8. The average Bonchev–Trinajstić information content (AvgIpc) is 2.46. The zero-order valence-corrected chi connectivity index (χ0v) is 10.1. The molecule has 0 aromatic carbocycles. The molecule has 2 aromatic heterocycles. The number of aromatic nitrogens is 3. The summed E-state index contributed by atoms with van der Waals surface area (Å²) >= 11 is 0. The van der Waals surface area contributed by atoms with Gasteiger partial charge >= 0.3 is 11.7 Å². The van der Waals surface area contributed by atoms with Gasteiger partial charge in [0.15, 0.2) is 0 Å². The Hall–Kier alpha value is -3.10. The van der Waals surface area contributed by atoms with Gasteiger partial charge in [-0.2, -0.15) is 0 Å². The Morgan fingerprint density at radius 1 is 1.35 bits per heavy atom. The third-order valence-electron chi connectivity index (χ3n) is 2.34. The van der Waals surface area contributed by atoms with Gasteiger partial charge < -0.3 is 10.4 Å². The lowest BCUT2D eigenvalue weighted by atomic mass is 10.2. The molecule has 0 aliphatic rings. The largest absolute Gasteiger partial charge is 0.478 e. The fourth-order valence-electron chi connectivity index (χ4n) is 1.38. The van der Waals surface area contributed by atoms with E-state index < -0.39 is 10.9 Å². The molecule has 0 amide bonds. The molecule has 2 rings (SSSR count). The first-order chi connectivity index (χ1) is 9.56. The second-order valence-corrected chi connectivity index (χ2v) is 3.72. The number of carboxylic acids is 1. The standard InChI is InChI=1S/C11H9N5O4/c17-10(18)7-1-2-12-8(3-7)4-13-11-14-5-9(6-15-11)16(19)20/h1-3,5-6H,4H2,(H,17,18)(H,13,14,15). The molecule has 2 aromatic rings. The van der Waals surface area contributed by atoms with E-state index in [1.54, 1.807) is 0 Å². The molecule has 2 N–H and O–H groups in total. The second kappa shape index (κ2) is 5.69. The number of nitrogens with one attached hydrogen (secondary N) is 1. The van der Waals surface area contributed by atoms with Gasteiger partial charge in [-0.3, -0.25) is 15.1 Å². The zero-order chi connectivity index (χ0) is 14.5. The Bertz CT molecular complexity index is 644. The maximum absolute atomic E-state index is 10.8. The molecule has 0 saturated carbocycles. The van der Waals surface area contributed by atoms with Crippen LogP contribution in [0.2, 0.25) is 0 Å². The lowest BCUT2D eigenvalue weighted by Gasteiger charge is -2.04. The highest BCUT2D eigenvalue weighted by atomic mass is 16.6. The maximum Gasteiger partial charge on any atom is 0.335 e. The molecule has 9 heteroatoms. The molecule has 0 saturated heterocycles. The van der Waals surface area contributed by atoms with Gasteiger partial charge in [0.1, 0.15) is 12.4 Å². The van der Waals surface area contributed by atoms with Gasteiger partial charge in [0.2, 0.25) is 5.95 Å². The monoisotopic (exact) mass is 275 g/mol. The Kier molecular flexibility index (Phi) is 3.80. The highest BCUT2D eigenvalue weighted by molar-refractivity contribution is 5.87. The Balaban J connectivity index is 2.03. The number of anilines is 1. The van der Waals surface area contributed by atoms with Gasteiger partial charge in [0, 0.05) is 6.20 Å². The molecule has 0 aliphatic carbocycles. The molecule has 20 heavy (non-hydrogen) atoms. The van der Waals surface area contributed by atoms with Crippen molar-refractivity contribution < 1.29 is 14.8 Å². The average molecular weight is 275 g/mol. The Morgan fingerprint density at radius 3 is 2.65 bits per heavy atom. The van der Waals surface area contributed by atoms with Crippen LogP contribution in [0, 0.1) is 10.1 Å². The molecule has 102 valence electrons. The smallest absolute Gasteiger partial charge is 0.335 e. The van der Waals surface area contributed by atoms with Crippen LogP contribution in [0.15, 0.2) is 30.7 Å². The van der Waals surface area contributed by atoms with Crippen LogP contribution in [0.4, 0.5) is 11.6 Å². The summed E-state index contributed by atoms with van der Waals surface area (Å²) < 4.78 is 0. The van der Waals surface area contributed by atoms with Crippen molar-refractivity contribution in [3.8, 4) is 0 Å². The Morgan fingerprint density at radius 2 is 2.05 bits per heavy atom. The normalized spacial score (nSPS) is 10.0. The first-order valence-corrected chi connectivity index (χ1v) is 5.45. The third-order valence-corrected chi connectivity index (χ3v) is 2.34. The number of nitrogens with zero attached hydrogens (tertiary/aromatic N) is 4. The molecular weight excluding hydrogens is 266 g/mol. The second-order valence-electron chi connectivity index (χ2n) is 3.72. The zero-order valence-electron chi connectivity index (χ0n) is 10.1. The fraction of sp³-hybridized carbons (Fsp3) is 0.0909. The summed E-state index contributed by atoms with van der Waals surface area (Å²) in [6, 6.07) is 2.80. The minimum Gasteiger partial charge on any atom is -0.478 e. The summed E-state index contributed by atoms with van der Waals surface area (Å²) in [4.78, 5) is 32.2. The summed E-state index contributed by atoms with van der Waals surface area (Å²) in [5.41, 5.74) is 0.412. The van der Waals surface area contributed by atoms with Gasteiger partial charge in [-0.05, 0) is 12.1 Å². The number of carboxylic acid groups (broad SMARTS) is 1. The van der Waals surface area contributed by atoms with Gasteiger partial charge in [-0.25, -0.2) is 14.8 Å². The van der Waals surface area contributed by atoms with Gasteiger partial charge in [-0.1, -0.05) is 0 Å². The number of rotatable bonds is 5. The fourth-order valence-corrected chi connectivity index (χ4v) is 1.38. The van der Waals surface area contributed by atoms with E-state index in [-0.39, 0.29) is 23.7 Å². The van der Waals surface area contributed by atoms with Crippen LogP contribution < -0.4 is 5.32 Å². The summed E-state index contributed by atoms with van der Waals surface area (Å²) in [6.45, 7) is 0.207. The van der Waals surface area contributed by atoms with Gasteiger partial charge in [-0.15, -0.1) is 0 Å². The molecule has 0 aliphatic heterocycles.